The van der Waals surface area contributed by atoms with Gasteiger partial charge in [-0.05, 0) is 25.0 Å². The lowest BCUT2D eigenvalue weighted by Gasteiger charge is -2.16. The second kappa shape index (κ2) is 6.93. The molecule has 0 spiro atoms. The lowest BCUT2D eigenvalue weighted by molar-refractivity contribution is -0.140. The first-order valence-corrected chi connectivity index (χ1v) is 8.25. The first-order chi connectivity index (χ1) is 12.3. The zero-order valence-corrected chi connectivity index (χ0v) is 13.8. The fraction of sp³-hybridized carbons (Fsp3) is 0.389. The monoisotopic (exact) mass is 366 g/mol. The van der Waals surface area contributed by atoms with Crippen molar-refractivity contribution in [3.05, 3.63) is 42.0 Å². The molecule has 8 heteroatoms. The molecule has 26 heavy (non-hydrogen) atoms. The summed E-state index contributed by atoms with van der Waals surface area (Å²) < 4.78 is 38.8. The van der Waals surface area contributed by atoms with E-state index in [1.165, 1.54) is 12.1 Å². The number of amides is 3. The van der Waals surface area contributed by atoms with Crippen molar-refractivity contribution in [2.75, 3.05) is 11.9 Å². The van der Waals surface area contributed by atoms with Crippen LogP contribution >= 0.6 is 0 Å². The second-order valence-electron chi connectivity index (χ2n) is 6.33. The van der Waals surface area contributed by atoms with Crippen LogP contribution < -0.4 is 5.32 Å². The van der Waals surface area contributed by atoms with Crippen molar-refractivity contribution in [3.8, 4) is 0 Å². The van der Waals surface area contributed by atoms with Gasteiger partial charge in [-0.25, -0.2) is 0 Å². The molecule has 2 unspecified atom stereocenters. The van der Waals surface area contributed by atoms with E-state index in [0.29, 0.717) is 12.8 Å². The first-order valence-electron chi connectivity index (χ1n) is 8.25. The number of anilines is 1. The van der Waals surface area contributed by atoms with Crippen molar-refractivity contribution in [2.24, 2.45) is 11.8 Å². The number of nitrogens with one attached hydrogen (secondary N) is 1. The van der Waals surface area contributed by atoms with Crippen LogP contribution in [0.3, 0.4) is 0 Å². The van der Waals surface area contributed by atoms with E-state index < -0.39 is 17.6 Å². The molecule has 1 saturated heterocycles. The summed E-state index contributed by atoms with van der Waals surface area (Å²) in [7, 11) is 0. The van der Waals surface area contributed by atoms with E-state index >= 15 is 0 Å². The highest BCUT2D eigenvalue weighted by molar-refractivity contribution is 6.05. The quantitative estimate of drug-likeness (QED) is 0.658. The van der Waals surface area contributed by atoms with Gasteiger partial charge in [-0.2, -0.15) is 13.2 Å². The number of hydrogen-bond donors (Lipinski definition) is 1. The average molecular weight is 366 g/mol. The van der Waals surface area contributed by atoms with Crippen LogP contribution in [0.4, 0.5) is 18.9 Å². The van der Waals surface area contributed by atoms with E-state index in [2.05, 4.69) is 5.32 Å². The van der Waals surface area contributed by atoms with Crippen molar-refractivity contribution in [1.29, 1.82) is 0 Å². The summed E-state index contributed by atoms with van der Waals surface area (Å²) in [6.07, 6.45) is -0.134. The van der Waals surface area contributed by atoms with Gasteiger partial charge in [0.2, 0.25) is 17.7 Å². The lowest BCUT2D eigenvalue weighted by Crippen LogP contribution is -2.34. The topological polar surface area (TPSA) is 66.5 Å². The van der Waals surface area contributed by atoms with Crippen LogP contribution in [0.2, 0.25) is 0 Å². The minimum absolute atomic E-state index is 0.134. The normalized spacial score (nSPS) is 22.5. The van der Waals surface area contributed by atoms with Crippen LogP contribution in [0.1, 0.15) is 24.8 Å². The van der Waals surface area contributed by atoms with Gasteiger partial charge < -0.3 is 5.32 Å². The number of carbonyl (C=O) groups excluding carboxylic acids is 3. The van der Waals surface area contributed by atoms with Crippen LogP contribution in [0.15, 0.2) is 36.4 Å². The third-order valence-electron chi connectivity index (χ3n) is 4.67. The molecule has 1 fully saturated rings. The molecule has 1 heterocycles. The molecule has 0 aromatic heterocycles. The minimum Gasteiger partial charge on any atom is -0.325 e. The largest absolute Gasteiger partial charge is 0.418 e. The molecular weight excluding hydrogens is 349 g/mol. The Morgan fingerprint density at radius 3 is 2.23 bits per heavy atom. The zero-order valence-electron chi connectivity index (χ0n) is 13.8. The van der Waals surface area contributed by atoms with Crippen LogP contribution in [-0.2, 0) is 20.6 Å². The Kier molecular flexibility index (Phi) is 4.84. The van der Waals surface area contributed by atoms with Gasteiger partial charge in [-0.3, -0.25) is 19.3 Å². The average Bonchev–Trinajstić information content (AvgIpc) is 2.84. The van der Waals surface area contributed by atoms with Crippen LogP contribution in [0.25, 0.3) is 0 Å². The van der Waals surface area contributed by atoms with Crippen LogP contribution in [0, 0.1) is 11.8 Å². The fourth-order valence-electron chi connectivity index (χ4n) is 3.35. The summed E-state index contributed by atoms with van der Waals surface area (Å²) in [5, 5.41) is 2.21. The van der Waals surface area contributed by atoms with Crippen molar-refractivity contribution in [3.63, 3.8) is 0 Å². The molecule has 1 N–H and O–H groups in total. The van der Waals surface area contributed by atoms with Crippen molar-refractivity contribution in [2.45, 2.75) is 25.4 Å². The Balaban J connectivity index is 1.62. The Bertz CT molecular complexity index is 747. The van der Waals surface area contributed by atoms with Crippen molar-refractivity contribution < 1.29 is 27.6 Å². The summed E-state index contributed by atoms with van der Waals surface area (Å²) in [6, 6.07) is 4.65. The molecule has 3 amide bonds. The molecule has 1 aliphatic carbocycles. The third kappa shape index (κ3) is 3.49. The number of allylic oxidation sites excluding steroid dienone is 2. The van der Waals surface area contributed by atoms with Gasteiger partial charge in [-0.15, -0.1) is 0 Å². The van der Waals surface area contributed by atoms with Gasteiger partial charge in [0, 0.05) is 13.0 Å². The van der Waals surface area contributed by atoms with Crippen LogP contribution in [-0.4, -0.2) is 29.2 Å². The van der Waals surface area contributed by atoms with E-state index in [1.807, 2.05) is 12.2 Å². The maximum Gasteiger partial charge on any atom is 0.418 e. The number of rotatable bonds is 4. The van der Waals surface area contributed by atoms with Gasteiger partial charge in [-0.1, -0.05) is 24.3 Å². The highest BCUT2D eigenvalue weighted by atomic mass is 19.4. The molecule has 0 radical (unpaired) electrons. The van der Waals surface area contributed by atoms with Gasteiger partial charge in [0.1, 0.15) is 0 Å². The smallest absolute Gasteiger partial charge is 0.325 e. The van der Waals surface area contributed by atoms with Gasteiger partial charge in [0.25, 0.3) is 0 Å². The highest BCUT2D eigenvalue weighted by Crippen LogP contribution is 2.36. The fourth-order valence-corrected chi connectivity index (χ4v) is 3.35. The Labute approximate surface area is 147 Å². The third-order valence-corrected chi connectivity index (χ3v) is 4.67. The Morgan fingerprint density at radius 2 is 1.65 bits per heavy atom. The molecule has 1 aliphatic heterocycles. The summed E-state index contributed by atoms with van der Waals surface area (Å²) >= 11 is 0. The molecular formula is C18H17F3N2O3. The highest BCUT2D eigenvalue weighted by Gasteiger charge is 2.46. The summed E-state index contributed by atoms with van der Waals surface area (Å²) in [4.78, 5) is 37.7. The predicted molar refractivity (Wildman–Crippen MR) is 86.8 cm³/mol. The van der Waals surface area contributed by atoms with Gasteiger partial charge >= 0.3 is 6.18 Å². The zero-order chi connectivity index (χ0) is 18.9. The predicted octanol–water partition coefficient (Wildman–Crippen LogP) is 2.99. The number of likely N-dealkylation sites (tertiary alicyclic amines) is 1. The number of para-hydroxylation sites is 1. The SMILES string of the molecule is O=C(CCN1C(=O)C2CC=CCC2C1=O)Nc1ccccc1C(F)(F)F. The number of fused-ring (bicyclic) bond motifs is 1. The van der Waals surface area contributed by atoms with E-state index in [0.717, 1.165) is 17.0 Å². The number of hydrogen-bond acceptors (Lipinski definition) is 3. The van der Waals surface area contributed by atoms with E-state index in [-0.39, 0.29) is 42.3 Å². The molecule has 5 nitrogen and oxygen atoms in total. The van der Waals surface area contributed by atoms with E-state index in [9.17, 15) is 27.6 Å². The number of benzene rings is 1. The number of imide groups is 1. The molecule has 0 saturated carbocycles. The number of carbonyl (C=O) groups is 3. The molecule has 138 valence electrons. The van der Waals surface area contributed by atoms with Crippen LogP contribution in [0.5, 0.6) is 0 Å². The second-order valence-corrected chi connectivity index (χ2v) is 6.33. The summed E-state index contributed by atoms with van der Waals surface area (Å²) in [6.45, 7) is -0.134. The maximum absolute atomic E-state index is 12.9. The number of halogens is 3. The van der Waals surface area contributed by atoms with Crippen molar-refractivity contribution >= 4 is 23.4 Å². The number of nitrogens with zero attached hydrogens (tertiary/aromatic N) is 1. The summed E-state index contributed by atoms with van der Waals surface area (Å²) in [5.74, 6) is -2.08. The molecule has 0 bridgehead atoms. The molecule has 3 rings (SSSR count). The Morgan fingerprint density at radius 1 is 1.08 bits per heavy atom. The summed E-state index contributed by atoms with van der Waals surface area (Å²) in [5.41, 5.74) is -1.29. The van der Waals surface area contributed by atoms with E-state index in [4.69, 9.17) is 0 Å². The molecule has 2 aliphatic rings. The standard InChI is InChI=1S/C18H17F3N2O3/c19-18(20,21)13-7-3-4-8-14(13)22-15(24)9-10-23-16(25)11-5-1-2-6-12(11)17(23)26/h1-4,7-8,11-12H,5-6,9-10H2,(H,22,24). The van der Waals surface area contributed by atoms with Gasteiger partial charge in [0.05, 0.1) is 23.1 Å². The molecule has 2 atom stereocenters. The molecule has 1 aromatic carbocycles. The number of alkyl halides is 3. The first kappa shape index (κ1) is 18.2. The van der Waals surface area contributed by atoms with E-state index in [1.54, 1.807) is 0 Å². The van der Waals surface area contributed by atoms with Gasteiger partial charge in [0.15, 0.2) is 0 Å². The van der Waals surface area contributed by atoms with Crippen molar-refractivity contribution in [1.82, 2.24) is 4.90 Å². The minimum atomic E-state index is -4.59. The molecule has 1 aromatic rings. The maximum atomic E-state index is 12.9. The lowest BCUT2D eigenvalue weighted by atomic mass is 9.85. The Hall–Kier alpha value is -2.64.